The predicted octanol–water partition coefficient (Wildman–Crippen LogP) is 2.28. The van der Waals surface area contributed by atoms with Crippen molar-refractivity contribution in [3.8, 4) is 11.3 Å². The average molecular weight is 282 g/mol. The maximum absolute atomic E-state index is 11.9. The van der Waals surface area contributed by atoms with Gasteiger partial charge in [-0.05, 0) is 32.0 Å². The molecule has 3 aromatic heterocycles. The molecular formula is C15H14N4O2. The lowest BCUT2D eigenvalue weighted by atomic mass is 10.2. The number of hydrogen-bond acceptors (Lipinski definition) is 5. The van der Waals surface area contributed by atoms with Crippen LogP contribution in [0, 0.1) is 6.92 Å². The van der Waals surface area contributed by atoms with E-state index in [0.717, 1.165) is 17.0 Å². The number of pyridine rings is 1. The first kappa shape index (κ1) is 13.2. The van der Waals surface area contributed by atoms with E-state index in [0.29, 0.717) is 12.3 Å². The number of carbonyl (C=O) groups excluding carboxylic acids is 1. The van der Waals surface area contributed by atoms with Gasteiger partial charge in [0.2, 0.25) is 0 Å². The molecule has 3 heterocycles. The molecule has 0 aliphatic heterocycles. The van der Waals surface area contributed by atoms with Crippen LogP contribution < -0.4 is 0 Å². The zero-order valence-corrected chi connectivity index (χ0v) is 11.8. The van der Waals surface area contributed by atoms with Gasteiger partial charge in [0.1, 0.15) is 6.33 Å². The Morgan fingerprint density at radius 2 is 2.10 bits per heavy atom. The highest BCUT2D eigenvalue weighted by Gasteiger charge is 2.17. The molecule has 0 amide bonds. The van der Waals surface area contributed by atoms with E-state index in [1.807, 2.05) is 25.1 Å². The first-order valence-electron chi connectivity index (χ1n) is 6.63. The molecule has 0 aromatic carbocycles. The van der Waals surface area contributed by atoms with Gasteiger partial charge >= 0.3 is 5.97 Å². The molecule has 0 bridgehead atoms. The normalized spacial score (nSPS) is 10.8. The maximum atomic E-state index is 11.9. The van der Waals surface area contributed by atoms with Crippen LogP contribution >= 0.6 is 0 Å². The van der Waals surface area contributed by atoms with Gasteiger partial charge in [-0.1, -0.05) is 0 Å². The van der Waals surface area contributed by atoms with E-state index in [9.17, 15) is 4.79 Å². The van der Waals surface area contributed by atoms with Gasteiger partial charge in [0, 0.05) is 23.7 Å². The number of imidazole rings is 1. The molecule has 0 saturated carbocycles. The lowest BCUT2D eigenvalue weighted by Crippen LogP contribution is -2.07. The number of fused-ring (bicyclic) bond motifs is 1. The van der Waals surface area contributed by atoms with E-state index in [-0.39, 0.29) is 5.69 Å². The van der Waals surface area contributed by atoms with Crippen LogP contribution in [-0.2, 0) is 4.74 Å². The highest BCUT2D eigenvalue weighted by Crippen LogP contribution is 2.20. The van der Waals surface area contributed by atoms with Gasteiger partial charge in [0.15, 0.2) is 11.3 Å². The number of carbonyl (C=O) groups is 1. The van der Waals surface area contributed by atoms with Crippen molar-refractivity contribution in [2.24, 2.45) is 0 Å². The Kier molecular flexibility index (Phi) is 3.35. The van der Waals surface area contributed by atoms with Crippen LogP contribution in [0.3, 0.4) is 0 Å². The van der Waals surface area contributed by atoms with Crippen LogP contribution in [0.15, 0.2) is 36.9 Å². The summed E-state index contributed by atoms with van der Waals surface area (Å²) in [6, 6.07) is 5.69. The first-order valence-corrected chi connectivity index (χ1v) is 6.63. The molecule has 3 aromatic rings. The van der Waals surface area contributed by atoms with Gasteiger partial charge in [0.25, 0.3) is 0 Å². The van der Waals surface area contributed by atoms with E-state index in [1.165, 1.54) is 0 Å². The Morgan fingerprint density at radius 3 is 2.81 bits per heavy atom. The van der Waals surface area contributed by atoms with Crippen LogP contribution in [0.4, 0.5) is 0 Å². The number of aryl methyl sites for hydroxylation is 1. The van der Waals surface area contributed by atoms with Crippen molar-refractivity contribution >= 4 is 11.6 Å². The molecule has 0 unspecified atom stereocenters. The Morgan fingerprint density at radius 1 is 1.33 bits per heavy atom. The fourth-order valence-electron chi connectivity index (χ4n) is 2.13. The summed E-state index contributed by atoms with van der Waals surface area (Å²) in [5.74, 6) is -0.459. The lowest BCUT2D eigenvalue weighted by molar-refractivity contribution is 0.0522. The summed E-state index contributed by atoms with van der Waals surface area (Å²) in [6.45, 7) is 4.01. The minimum absolute atomic E-state index is 0.232. The monoisotopic (exact) mass is 282 g/mol. The molecule has 3 rings (SSSR count). The van der Waals surface area contributed by atoms with Crippen LogP contribution in [-0.4, -0.2) is 31.9 Å². The maximum Gasteiger partial charge on any atom is 0.360 e. The van der Waals surface area contributed by atoms with Crippen molar-refractivity contribution in [3.05, 3.63) is 48.3 Å². The molecule has 21 heavy (non-hydrogen) atoms. The van der Waals surface area contributed by atoms with E-state index in [1.54, 1.807) is 30.0 Å². The Bertz CT molecular complexity index is 796. The molecule has 0 atom stereocenters. The SMILES string of the molecule is CCOC(=O)c1ncn2c(C)cc(-c3ccncc3)nc12. The Labute approximate surface area is 121 Å². The average Bonchev–Trinajstić information content (AvgIpc) is 2.93. The molecule has 6 heteroatoms. The van der Waals surface area contributed by atoms with Crippen molar-refractivity contribution in [1.29, 1.82) is 0 Å². The smallest absolute Gasteiger partial charge is 0.360 e. The molecule has 6 nitrogen and oxygen atoms in total. The number of esters is 1. The third-order valence-corrected chi connectivity index (χ3v) is 3.14. The third kappa shape index (κ3) is 2.35. The standard InChI is InChI=1S/C15H14N4O2/c1-3-21-15(20)13-14-18-12(11-4-6-16-7-5-11)8-10(2)19(14)9-17-13/h4-9H,3H2,1-2H3. The largest absolute Gasteiger partial charge is 0.461 e. The lowest BCUT2D eigenvalue weighted by Gasteiger charge is -2.06. The van der Waals surface area contributed by atoms with Gasteiger partial charge < -0.3 is 4.74 Å². The molecule has 0 fully saturated rings. The number of rotatable bonds is 3. The second kappa shape index (κ2) is 5.32. The van der Waals surface area contributed by atoms with Crippen LogP contribution in [0.5, 0.6) is 0 Å². The highest BCUT2D eigenvalue weighted by molar-refractivity contribution is 5.94. The topological polar surface area (TPSA) is 69.4 Å². The van der Waals surface area contributed by atoms with Crippen molar-refractivity contribution in [3.63, 3.8) is 0 Å². The van der Waals surface area contributed by atoms with Gasteiger partial charge in [-0.25, -0.2) is 14.8 Å². The van der Waals surface area contributed by atoms with E-state index in [4.69, 9.17) is 4.74 Å². The van der Waals surface area contributed by atoms with Crippen molar-refractivity contribution in [2.75, 3.05) is 6.61 Å². The zero-order chi connectivity index (χ0) is 14.8. The molecule has 0 aliphatic carbocycles. The summed E-state index contributed by atoms with van der Waals surface area (Å²) in [5, 5.41) is 0. The third-order valence-electron chi connectivity index (χ3n) is 3.14. The van der Waals surface area contributed by atoms with Gasteiger partial charge in [-0.3, -0.25) is 9.38 Å². The fourth-order valence-corrected chi connectivity index (χ4v) is 2.13. The quantitative estimate of drug-likeness (QED) is 0.689. The second-order valence-electron chi connectivity index (χ2n) is 4.53. The van der Waals surface area contributed by atoms with Gasteiger partial charge in [-0.2, -0.15) is 0 Å². The van der Waals surface area contributed by atoms with Crippen molar-refractivity contribution < 1.29 is 9.53 Å². The predicted molar refractivity (Wildman–Crippen MR) is 76.9 cm³/mol. The summed E-state index contributed by atoms with van der Waals surface area (Å²) >= 11 is 0. The summed E-state index contributed by atoms with van der Waals surface area (Å²) < 4.78 is 6.79. The number of ether oxygens (including phenoxy) is 1. The highest BCUT2D eigenvalue weighted by atomic mass is 16.5. The Hall–Kier alpha value is -2.76. The number of aromatic nitrogens is 4. The van der Waals surface area contributed by atoms with Crippen molar-refractivity contribution in [1.82, 2.24) is 19.4 Å². The minimum atomic E-state index is -0.459. The molecule has 0 spiro atoms. The molecule has 0 saturated heterocycles. The van der Waals surface area contributed by atoms with E-state index >= 15 is 0 Å². The molecule has 0 radical (unpaired) electrons. The summed E-state index contributed by atoms with van der Waals surface area (Å²) in [7, 11) is 0. The Balaban J connectivity index is 2.17. The molecule has 106 valence electrons. The number of nitrogens with zero attached hydrogens (tertiary/aromatic N) is 4. The van der Waals surface area contributed by atoms with Crippen LogP contribution in [0.25, 0.3) is 16.9 Å². The summed E-state index contributed by atoms with van der Waals surface area (Å²) in [4.78, 5) is 24.6. The molecule has 0 N–H and O–H groups in total. The van der Waals surface area contributed by atoms with E-state index in [2.05, 4.69) is 15.0 Å². The summed E-state index contributed by atoms with van der Waals surface area (Å²) in [5.41, 5.74) is 3.38. The van der Waals surface area contributed by atoms with E-state index < -0.39 is 5.97 Å². The fraction of sp³-hybridized carbons (Fsp3) is 0.200. The van der Waals surface area contributed by atoms with Gasteiger partial charge in [-0.15, -0.1) is 0 Å². The summed E-state index contributed by atoms with van der Waals surface area (Å²) in [6.07, 6.45) is 5.00. The van der Waals surface area contributed by atoms with Crippen LogP contribution in [0.2, 0.25) is 0 Å². The molecular weight excluding hydrogens is 268 g/mol. The number of hydrogen-bond donors (Lipinski definition) is 0. The molecule has 0 aliphatic rings. The first-order chi connectivity index (χ1) is 10.2. The second-order valence-corrected chi connectivity index (χ2v) is 4.53. The van der Waals surface area contributed by atoms with Crippen LogP contribution in [0.1, 0.15) is 23.1 Å². The van der Waals surface area contributed by atoms with Gasteiger partial charge in [0.05, 0.1) is 12.3 Å². The van der Waals surface area contributed by atoms with Crippen molar-refractivity contribution in [2.45, 2.75) is 13.8 Å². The zero-order valence-electron chi connectivity index (χ0n) is 11.8. The minimum Gasteiger partial charge on any atom is -0.461 e.